The summed E-state index contributed by atoms with van der Waals surface area (Å²) in [5.74, 6) is -1.11. The third kappa shape index (κ3) is 1.91. The lowest BCUT2D eigenvalue weighted by Gasteiger charge is -2.10. The molecule has 2 unspecified atom stereocenters. The van der Waals surface area contributed by atoms with Gasteiger partial charge in [-0.15, -0.1) is 0 Å². The van der Waals surface area contributed by atoms with E-state index in [0.29, 0.717) is 18.6 Å². The molecule has 0 amide bonds. The average Bonchev–Trinajstić information content (AvgIpc) is 2.51. The second kappa shape index (κ2) is 3.87. The van der Waals surface area contributed by atoms with Crippen molar-refractivity contribution in [3.05, 3.63) is 35.4 Å². The summed E-state index contributed by atoms with van der Waals surface area (Å²) in [5, 5.41) is 0.143. The van der Waals surface area contributed by atoms with Gasteiger partial charge in [0.15, 0.2) is 0 Å². The fraction of sp³-hybridized carbons (Fsp3) is 0.400. The van der Waals surface area contributed by atoms with Crippen molar-refractivity contribution >= 4 is 12.6 Å². The summed E-state index contributed by atoms with van der Waals surface area (Å²) in [6.45, 7) is 0.518. The van der Waals surface area contributed by atoms with E-state index in [-0.39, 0.29) is 11.4 Å². The van der Waals surface area contributed by atoms with Gasteiger partial charge in [0.05, 0.1) is 12.7 Å². The van der Waals surface area contributed by atoms with Crippen LogP contribution >= 0.6 is 12.6 Å². The molecule has 1 aliphatic rings. The summed E-state index contributed by atoms with van der Waals surface area (Å²) in [6.07, 6.45) is 0.393. The minimum absolute atomic E-state index is 0.143. The van der Waals surface area contributed by atoms with Gasteiger partial charge in [-0.3, -0.25) is 0 Å². The monoisotopic (exact) mass is 216 g/mol. The Kier molecular flexibility index (Phi) is 2.74. The molecule has 0 spiro atoms. The van der Waals surface area contributed by atoms with Crippen LogP contribution in [0.3, 0.4) is 0 Å². The first-order valence-electron chi connectivity index (χ1n) is 4.41. The molecule has 2 rings (SSSR count). The van der Waals surface area contributed by atoms with E-state index in [1.54, 1.807) is 0 Å². The summed E-state index contributed by atoms with van der Waals surface area (Å²) in [7, 11) is 0. The predicted molar refractivity (Wildman–Crippen MR) is 52.4 cm³/mol. The largest absolute Gasteiger partial charge is 0.372 e. The second-order valence-electron chi connectivity index (χ2n) is 3.38. The topological polar surface area (TPSA) is 9.23 Å². The van der Waals surface area contributed by atoms with Gasteiger partial charge in [-0.25, -0.2) is 8.78 Å². The van der Waals surface area contributed by atoms with Crippen LogP contribution in [0, 0.1) is 11.6 Å². The van der Waals surface area contributed by atoms with Gasteiger partial charge < -0.3 is 4.74 Å². The first-order chi connectivity index (χ1) is 6.66. The summed E-state index contributed by atoms with van der Waals surface area (Å²) in [5.41, 5.74) is 0.419. The zero-order valence-electron chi connectivity index (χ0n) is 7.41. The maximum absolute atomic E-state index is 13.3. The quantitative estimate of drug-likeness (QED) is 0.710. The first kappa shape index (κ1) is 9.93. The molecule has 0 saturated carbocycles. The predicted octanol–water partition coefficient (Wildman–Crippen LogP) is 2.72. The van der Waals surface area contributed by atoms with E-state index in [1.165, 1.54) is 12.1 Å². The van der Waals surface area contributed by atoms with Crippen LogP contribution in [0.1, 0.15) is 18.1 Å². The van der Waals surface area contributed by atoms with Crippen molar-refractivity contribution in [2.75, 3.05) is 6.61 Å². The lowest BCUT2D eigenvalue weighted by atomic mass is 10.1. The van der Waals surface area contributed by atoms with Crippen molar-refractivity contribution in [3.63, 3.8) is 0 Å². The van der Waals surface area contributed by atoms with Crippen LogP contribution in [0.25, 0.3) is 0 Å². The lowest BCUT2D eigenvalue weighted by molar-refractivity contribution is 0.109. The molecular formula is C10H10F2OS. The molecule has 1 saturated heterocycles. The summed E-state index contributed by atoms with van der Waals surface area (Å²) >= 11 is 4.23. The summed E-state index contributed by atoms with van der Waals surface area (Å²) in [6, 6.07) is 3.55. The molecule has 2 atom stereocenters. The van der Waals surface area contributed by atoms with Crippen molar-refractivity contribution in [2.45, 2.75) is 17.8 Å². The molecule has 1 aromatic carbocycles. The Balaban J connectivity index is 2.24. The minimum Gasteiger partial charge on any atom is -0.372 e. The summed E-state index contributed by atoms with van der Waals surface area (Å²) in [4.78, 5) is 0. The Morgan fingerprint density at radius 3 is 2.71 bits per heavy atom. The molecule has 1 aromatic rings. The van der Waals surface area contributed by atoms with E-state index in [9.17, 15) is 8.78 Å². The molecule has 76 valence electrons. The van der Waals surface area contributed by atoms with Crippen LogP contribution in [0.2, 0.25) is 0 Å². The zero-order chi connectivity index (χ0) is 10.1. The molecule has 0 N–H and O–H groups in total. The van der Waals surface area contributed by atoms with Crippen molar-refractivity contribution in [2.24, 2.45) is 0 Å². The fourth-order valence-corrected chi connectivity index (χ4v) is 1.87. The third-order valence-corrected chi connectivity index (χ3v) is 2.65. The second-order valence-corrected chi connectivity index (χ2v) is 4.11. The van der Waals surface area contributed by atoms with Crippen LogP contribution in [0.4, 0.5) is 8.78 Å². The van der Waals surface area contributed by atoms with Crippen LogP contribution in [-0.4, -0.2) is 11.9 Å². The standard InChI is InChI=1S/C10H10F2OS/c11-6-1-2-8(9(12)3-6)10-4-7(14)5-13-10/h1-3,7,10,14H,4-5H2. The highest BCUT2D eigenvalue weighted by Crippen LogP contribution is 2.32. The minimum atomic E-state index is -0.563. The fourth-order valence-electron chi connectivity index (χ4n) is 1.59. The van der Waals surface area contributed by atoms with Gasteiger partial charge in [0.2, 0.25) is 0 Å². The first-order valence-corrected chi connectivity index (χ1v) is 4.93. The van der Waals surface area contributed by atoms with E-state index < -0.39 is 11.6 Å². The van der Waals surface area contributed by atoms with Gasteiger partial charge in [-0.1, -0.05) is 6.07 Å². The Hall–Kier alpha value is -0.610. The molecule has 1 fully saturated rings. The number of hydrogen-bond donors (Lipinski definition) is 1. The molecule has 14 heavy (non-hydrogen) atoms. The highest BCUT2D eigenvalue weighted by atomic mass is 32.1. The molecule has 0 aliphatic carbocycles. The summed E-state index contributed by atoms with van der Waals surface area (Å²) < 4.78 is 31.2. The number of rotatable bonds is 1. The smallest absolute Gasteiger partial charge is 0.131 e. The molecule has 0 aromatic heterocycles. The highest BCUT2D eigenvalue weighted by molar-refractivity contribution is 7.81. The number of hydrogen-bond acceptors (Lipinski definition) is 2. The Labute approximate surface area is 86.5 Å². The van der Waals surface area contributed by atoms with E-state index in [0.717, 1.165) is 6.07 Å². The van der Waals surface area contributed by atoms with Gasteiger partial charge in [0, 0.05) is 16.9 Å². The van der Waals surface area contributed by atoms with E-state index in [4.69, 9.17) is 4.74 Å². The lowest BCUT2D eigenvalue weighted by Crippen LogP contribution is -2.00. The van der Waals surface area contributed by atoms with Gasteiger partial charge in [0.1, 0.15) is 11.6 Å². The molecule has 1 nitrogen and oxygen atoms in total. The zero-order valence-corrected chi connectivity index (χ0v) is 8.31. The SMILES string of the molecule is Fc1ccc(C2CC(S)CO2)c(F)c1. The van der Waals surface area contributed by atoms with Gasteiger partial charge in [-0.2, -0.15) is 12.6 Å². The number of benzene rings is 1. The van der Waals surface area contributed by atoms with Crippen LogP contribution in [0.15, 0.2) is 18.2 Å². The molecule has 1 heterocycles. The van der Waals surface area contributed by atoms with Crippen LogP contribution in [0.5, 0.6) is 0 Å². The van der Waals surface area contributed by atoms with E-state index >= 15 is 0 Å². The van der Waals surface area contributed by atoms with E-state index in [1.807, 2.05) is 0 Å². The van der Waals surface area contributed by atoms with Crippen molar-refractivity contribution in [3.8, 4) is 0 Å². The van der Waals surface area contributed by atoms with Crippen molar-refractivity contribution in [1.82, 2.24) is 0 Å². The van der Waals surface area contributed by atoms with Gasteiger partial charge in [0.25, 0.3) is 0 Å². The van der Waals surface area contributed by atoms with E-state index in [2.05, 4.69) is 12.6 Å². The molecule has 1 aliphatic heterocycles. The Morgan fingerprint density at radius 2 is 2.14 bits per heavy atom. The van der Waals surface area contributed by atoms with Crippen LogP contribution in [-0.2, 0) is 4.74 Å². The third-order valence-electron chi connectivity index (χ3n) is 2.29. The van der Waals surface area contributed by atoms with Crippen LogP contribution < -0.4 is 0 Å². The maximum Gasteiger partial charge on any atom is 0.131 e. The number of ether oxygens (including phenoxy) is 1. The van der Waals surface area contributed by atoms with Crippen molar-refractivity contribution in [1.29, 1.82) is 0 Å². The normalized spacial score (nSPS) is 26.8. The highest BCUT2D eigenvalue weighted by Gasteiger charge is 2.26. The molecular weight excluding hydrogens is 206 g/mol. The number of thiol groups is 1. The molecule has 4 heteroatoms. The maximum atomic E-state index is 13.3. The average molecular weight is 216 g/mol. The Morgan fingerprint density at radius 1 is 1.36 bits per heavy atom. The van der Waals surface area contributed by atoms with Crippen molar-refractivity contribution < 1.29 is 13.5 Å². The molecule has 0 bridgehead atoms. The molecule has 0 radical (unpaired) electrons. The Bertz CT molecular complexity index is 343. The van der Waals surface area contributed by atoms with Gasteiger partial charge in [-0.05, 0) is 12.5 Å². The number of halogens is 2. The van der Waals surface area contributed by atoms with Gasteiger partial charge >= 0.3 is 0 Å².